The van der Waals surface area contributed by atoms with Crippen LogP contribution in [0.3, 0.4) is 0 Å². The van der Waals surface area contributed by atoms with Crippen molar-refractivity contribution in [2.24, 2.45) is 0 Å². The second-order valence-electron chi connectivity index (χ2n) is 5.93. The van der Waals surface area contributed by atoms with Gasteiger partial charge in [-0.25, -0.2) is 4.79 Å². The number of ether oxygens (including phenoxy) is 1. The molecule has 0 spiro atoms. The Kier molecular flexibility index (Phi) is 6.04. The Labute approximate surface area is 174 Å². The zero-order valence-corrected chi connectivity index (χ0v) is 16.7. The van der Waals surface area contributed by atoms with Gasteiger partial charge < -0.3 is 19.4 Å². The van der Waals surface area contributed by atoms with Gasteiger partial charge in [0.2, 0.25) is 0 Å². The fourth-order valence-corrected chi connectivity index (χ4v) is 4.01. The zero-order chi connectivity index (χ0) is 21.1. The van der Waals surface area contributed by atoms with Crippen molar-refractivity contribution in [2.45, 2.75) is 12.5 Å². The van der Waals surface area contributed by atoms with Crippen LogP contribution in [0.25, 0.3) is 17.4 Å². The standard InChI is InChI=1S/C19H15NO7S2/c1-26-11-4-2-10(3-5-11)14-7-6-12(27-14)8-15-17(23)20(19(28)29-15)13(18(24)25)9-16(21)22/h2-8,13H,9H2,1H3,(H,21,22)(H,24,25)/b15-8+/t13-/m0/s1. The summed E-state index contributed by atoms with van der Waals surface area (Å²) in [6, 6.07) is 9.05. The van der Waals surface area contributed by atoms with Crippen molar-refractivity contribution in [3.8, 4) is 17.1 Å². The summed E-state index contributed by atoms with van der Waals surface area (Å²) in [5.74, 6) is -1.80. The van der Waals surface area contributed by atoms with Gasteiger partial charge >= 0.3 is 11.9 Å². The van der Waals surface area contributed by atoms with E-state index in [1.807, 2.05) is 12.1 Å². The summed E-state index contributed by atoms with van der Waals surface area (Å²) in [6.45, 7) is 0. The summed E-state index contributed by atoms with van der Waals surface area (Å²) in [4.78, 5) is 36.0. The number of nitrogens with zero attached hydrogens (tertiary/aromatic N) is 1. The number of thioether (sulfide) groups is 1. The number of amides is 1. The van der Waals surface area contributed by atoms with E-state index in [0.717, 1.165) is 22.2 Å². The van der Waals surface area contributed by atoms with Crippen molar-refractivity contribution in [1.29, 1.82) is 0 Å². The predicted molar refractivity (Wildman–Crippen MR) is 109 cm³/mol. The second kappa shape index (κ2) is 8.50. The molecule has 0 aliphatic carbocycles. The van der Waals surface area contributed by atoms with Crippen LogP contribution < -0.4 is 4.74 Å². The maximum absolute atomic E-state index is 12.6. The molecule has 1 amide bonds. The fourth-order valence-electron chi connectivity index (χ4n) is 2.67. The number of carbonyl (C=O) groups excluding carboxylic acids is 1. The summed E-state index contributed by atoms with van der Waals surface area (Å²) >= 11 is 5.99. The Morgan fingerprint density at radius 1 is 1.24 bits per heavy atom. The lowest BCUT2D eigenvalue weighted by molar-refractivity contribution is -0.150. The largest absolute Gasteiger partial charge is 0.497 e. The van der Waals surface area contributed by atoms with Gasteiger partial charge in [-0.05, 0) is 36.4 Å². The molecule has 1 aliphatic rings. The van der Waals surface area contributed by atoms with E-state index in [-0.39, 0.29) is 9.23 Å². The number of thiocarbonyl (C=S) groups is 1. The minimum atomic E-state index is -1.57. The van der Waals surface area contributed by atoms with Crippen molar-refractivity contribution in [2.75, 3.05) is 7.11 Å². The SMILES string of the molecule is COc1ccc(-c2ccc(/C=C3/SC(=S)N([C@@H](CC(=O)O)C(=O)O)C3=O)o2)cc1. The average Bonchev–Trinajstić information content (AvgIpc) is 3.25. The molecule has 2 aromatic rings. The zero-order valence-electron chi connectivity index (χ0n) is 15.0. The monoisotopic (exact) mass is 433 g/mol. The van der Waals surface area contributed by atoms with Crippen molar-refractivity contribution in [3.05, 3.63) is 47.1 Å². The van der Waals surface area contributed by atoms with E-state index in [4.69, 9.17) is 26.5 Å². The first-order chi connectivity index (χ1) is 13.8. The quantitative estimate of drug-likeness (QED) is 0.502. The number of methoxy groups -OCH3 is 1. The lowest BCUT2D eigenvalue weighted by Crippen LogP contribution is -2.45. The average molecular weight is 433 g/mol. The van der Waals surface area contributed by atoms with Crippen LogP contribution in [0.5, 0.6) is 5.75 Å². The molecule has 1 aromatic heterocycles. The van der Waals surface area contributed by atoms with E-state index < -0.39 is 30.3 Å². The first kappa shape index (κ1) is 20.6. The highest BCUT2D eigenvalue weighted by molar-refractivity contribution is 8.26. The van der Waals surface area contributed by atoms with E-state index in [2.05, 4.69) is 0 Å². The van der Waals surface area contributed by atoms with Crippen LogP contribution in [-0.4, -0.2) is 50.4 Å². The summed E-state index contributed by atoms with van der Waals surface area (Å²) in [6.07, 6.45) is 0.698. The molecule has 0 bridgehead atoms. The van der Waals surface area contributed by atoms with E-state index in [0.29, 0.717) is 17.3 Å². The van der Waals surface area contributed by atoms with Crippen molar-refractivity contribution in [1.82, 2.24) is 4.90 Å². The third-order valence-corrected chi connectivity index (χ3v) is 5.39. The van der Waals surface area contributed by atoms with Gasteiger partial charge in [0.15, 0.2) is 0 Å². The molecule has 150 valence electrons. The maximum atomic E-state index is 12.6. The van der Waals surface area contributed by atoms with Gasteiger partial charge in [0, 0.05) is 11.6 Å². The molecule has 8 nitrogen and oxygen atoms in total. The Bertz CT molecular complexity index is 1010. The topological polar surface area (TPSA) is 117 Å². The number of benzene rings is 1. The van der Waals surface area contributed by atoms with Crippen LogP contribution in [0, 0.1) is 0 Å². The minimum absolute atomic E-state index is 0.0168. The van der Waals surface area contributed by atoms with Crippen LogP contribution in [0.15, 0.2) is 45.7 Å². The van der Waals surface area contributed by atoms with Crippen molar-refractivity contribution in [3.63, 3.8) is 0 Å². The summed E-state index contributed by atoms with van der Waals surface area (Å²) in [5, 5.41) is 18.2. The lowest BCUT2D eigenvalue weighted by atomic mass is 10.2. The molecule has 29 heavy (non-hydrogen) atoms. The molecule has 2 heterocycles. The van der Waals surface area contributed by atoms with Gasteiger partial charge in [0.05, 0.1) is 18.4 Å². The first-order valence-electron chi connectivity index (χ1n) is 8.26. The number of hydrogen-bond donors (Lipinski definition) is 2. The number of aliphatic carboxylic acids is 2. The molecule has 10 heteroatoms. The maximum Gasteiger partial charge on any atom is 0.327 e. The third-order valence-electron chi connectivity index (χ3n) is 4.06. The molecule has 1 aliphatic heterocycles. The fraction of sp³-hybridized carbons (Fsp3) is 0.158. The molecule has 2 N–H and O–H groups in total. The van der Waals surface area contributed by atoms with Crippen LogP contribution in [0.4, 0.5) is 0 Å². The van der Waals surface area contributed by atoms with Gasteiger partial charge in [-0.1, -0.05) is 24.0 Å². The van der Waals surface area contributed by atoms with Crippen molar-refractivity contribution >= 4 is 52.2 Å². The number of rotatable bonds is 7. The van der Waals surface area contributed by atoms with Crippen LogP contribution in [0.1, 0.15) is 12.2 Å². The Balaban J connectivity index is 1.83. The number of hydrogen-bond acceptors (Lipinski definition) is 7. The van der Waals surface area contributed by atoms with Crippen LogP contribution in [-0.2, 0) is 14.4 Å². The molecule has 0 radical (unpaired) electrons. The Hall–Kier alpha value is -3.11. The van der Waals surface area contributed by atoms with Gasteiger partial charge in [-0.2, -0.15) is 0 Å². The molecular formula is C19H15NO7S2. The Morgan fingerprint density at radius 3 is 2.52 bits per heavy atom. The van der Waals surface area contributed by atoms with Crippen LogP contribution >= 0.6 is 24.0 Å². The number of carboxylic acid groups (broad SMARTS) is 2. The normalized spacial score (nSPS) is 16.3. The number of carboxylic acids is 2. The summed E-state index contributed by atoms with van der Waals surface area (Å²) in [7, 11) is 1.57. The van der Waals surface area contributed by atoms with E-state index in [1.165, 1.54) is 6.08 Å². The van der Waals surface area contributed by atoms with E-state index in [1.54, 1.807) is 31.4 Å². The summed E-state index contributed by atoms with van der Waals surface area (Å²) < 4.78 is 10.8. The molecule has 0 saturated carbocycles. The molecule has 1 aromatic carbocycles. The molecular weight excluding hydrogens is 418 g/mol. The van der Waals surface area contributed by atoms with Gasteiger partial charge in [-0.3, -0.25) is 14.5 Å². The highest BCUT2D eigenvalue weighted by Gasteiger charge is 2.41. The lowest BCUT2D eigenvalue weighted by Gasteiger charge is -2.21. The first-order valence-corrected chi connectivity index (χ1v) is 9.48. The number of carbonyl (C=O) groups is 3. The smallest absolute Gasteiger partial charge is 0.327 e. The minimum Gasteiger partial charge on any atom is -0.497 e. The van der Waals surface area contributed by atoms with Gasteiger partial charge in [0.1, 0.15) is 27.6 Å². The molecule has 3 rings (SSSR count). The van der Waals surface area contributed by atoms with Gasteiger partial charge in [0.25, 0.3) is 5.91 Å². The van der Waals surface area contributed by atoms with Crippen LogP contribution in [0.2, 0.25) is 0 Å². The highest BCUT2D eigenvalue weighted by atomic mass is 32.2. The summed E-state index contributed by atoms with van der Waals surface area (Å²) in [5.41, 5.74) is 0.811. The second-order valence-corrected chi connectivity index (χ2v) is 7.61. The van der Waals surface area contributed by atoms with E-state index >= 15 is 0 Å². The molecule has 0 unspecified atom stereocenters. The molecule has 1 fully saturated rings. The van der Waals surface area contributed by atoms with Crippen molar-refractivity contribution < 1.29 is 33.8 Å². The molecule has 1 atom stereocenters. The highest BCUT2D eigenvalue weighted by Crippen LogP contribution is 2.35. The third kappa shape index (κ3) is 4.49. The van der Waals surface area contributed by atoms with Gasteiger partial charge in [-0.15, -0.1) is 0 Å². The van der Waals surface area contributed by atoms with E-state index in [9.17, 15) is 19.5 Å². The molecule has 1 saturated heterocycles. The predicted octanol–water partition coefficient (Wildman–Crippen LogP) is 3.08. The Morgan fingerprint density at radius 2 is 1.93 bits per heavy atom. The number of furan rings is 1.